The molecular formula is C17H17N3O2. The maximum Gasteiger partial charge on any atom is 0.272 e. The number of carbonyl (C=O) groups excluding carboxylic acids is 1. The number of benzene rings is 1. The molecule has 0 atom stereocenters. The average Bonchev–Trinajstić information content (AvgIpc) is 2.94. The first-order valence-corrected chi connectivity index (χ1v) is 7.12. The van der Waals surface area contributed by atoms with Gasteiger partial charge in [-0.05, 0) is 37.3 Å². The van der Waals surface area contributed by atoms with Crippen LogP contribution in [0.3, 0.4) is 0 Å². The molecule has 0 aliphatic carbocycles. The van der Waals surface area contributed by atoms with Gasteiger partial charge in [-0.15, -0.1) is 0 Å². The molecule has 112 valence electrons. The highest BCUT2D eigenvalue weighted by Crippen LogP contribution is 2.29. The minimum atomic E-state index is -0.159. The van der Waals surface area contributed by atoms with E-state index >= 15 is 0 Å². The van der Waals surface area contributed by atoms with E-state index in [9.17, 15) is 4.79 Å². The van der Waals surface area contributed by atoms with Crippen LogP contribution in [0, 0.1) is 0 Å². The van der Waals surface area contributed by atoms with Crippen molar-refractivity contribution < 1.29 is 9.53 Å². The maximum absolute atomic E-state index is 12.6. The van der Waals surface area contributed by atoms with E-state index in [1.54, 1.807) is 25.6 Å². The molecule has 22 heavy (non-hydrogen) atoms. The summed E-state index contributed by atoms with van der Waals surface area (Å²) in [5.41, 5.74) is 2.26. The number of carbonyl (C=O) groups is 1. The quantitative estimate of drug-likeness (QED) is 0.803. The number of hydrogen-bond acceptors (Lipinski definition) is 3. The minimum Gasteiger partial charge on any atom is -0.496 e. The van der Waals surface area contributed by atoms with Gasteiger partial charge in [0.15, 0.2) is 0 Å². The van der Waals surface area contributed by atoms with E-state index in [1.165, 1.54) is 0 Å². The number of fused-ring (bicyclic) bond motifs is 1. The fourth-order valence-electron chi connectivity index (χ4n) is 2.60. The molecule has 2 heterocycles. The van der Waals surface area contributed by atoms with E-state index in [4.69, 9.17) is 4.74 Å². The van der Waals surface area contributed by atoms with Gasteiger partial charge in [-0.3, -0.25) is 9.78 Å². The molecule has 0 aliphatic rings. The lowest BCUT2D eigenvalue weighted by atomic mass is 10.2. The summed E-state index contributed by atoms with van der Waals surface area (Å²) < 4.78 is 7.36. The van der Waals surface area contributed by atoms with Gasteiger partial charge in [-0.2, -0.15) is 0 Å². The highest BCUT2D eigenvalue weighted by molar-refractivity contribution is 6.07. The van der Waals surface area contributed by atoms with Gasteiger partial charge in [0.05, 0.1) is 24.5 Å². The second-order valence-electron chi connectivity index (χ2n) is 4.86. The van der Waals surface area contributed by atoms with Crippen molar-refractivity contribution in [3.8, 4) is 5.75 Å². The third-order valence-electron chi connectivity index (χ3n) is 3.59. The fraction of sp³-hybridized carbons (Fsp3) is 0.176. The van der Waals surface area contributed by atoms with Gasteiger partial charge in [0.1, 0.15) is 11.4 Å². The van der Waals surface area contributed by atoms with Gasteiger partial charge in [0.2, 0.25) is 0 Å². The largest absolute Gasteiger partial charge is 0.496 e. The molecule has 2 aromatic heterocycles. The molecule has 1 amide bonds. The number of rotatable bonds is 4. The van der Waals surface area contributed by atoms with Crippen LogP contribution < -0.4 is 10.1 Å². The van der Waals surface area contributed by atoms with Crippen molar-refractivity contribution in [1.29, 1.82) is 0 Å². The number of ether oxygens (including phenoxy) is 1. The number of nitrogens with zero attached hydrogens (tertiary/aromatic N) is 2. The molecule has 0 spiro atoms. The highest BCUT2D eigenvalue weighted by atomic mass is 16.5. The van der Waals surface area contributed by atoms with E-state index in [0.717, 1.165) is 16.7 Å². The second kappa shape index (κ2) is 5.89. The van der Waals surface area contributed by atoms with Crippen molar-refractivity contribution >= 4 is 22.5 Å². The third-order valence-corrected chi connectivity index (χ3v) is 3.59. The normalized spacial score (nSPS) is 10.6. The molecule has 0 saturated carbocycles. The van der Waals surface area contributed by atoms with Crippen molar-refractivity contribution in [3.05, 3.63) is 54.5 Å². The molecule has 0 saturated heterocycles. The Hall–Kier alpha value is -2.82. The van der Waals surface area contributed by atoms with Crippen LogP contribution in [0.25, 0.3) is 10.9 Å². The summed E-state index contributed by atoms with van der Waals surface area (Å²) in [6, 6.07) is 11.3. The molecule has 1 aromatic carbocycles. The predicted molar refractivity (Wildman–Crippen MR) is 86.4 cm³/mol. The Morgan fingerprint density at radius 1 is 1.32 bits per heavy atom. The molecule has 5 nitrogen and oxygen atoms in total. The number of amides is 1. The molecule has 1 N–H and O–H groups in total. The van der Waals surface area contributed by atoms with Crippen LogP contribution in [0.15, 0.2) is 48.8 Å². The summed E-state index contributed by atoms with van der Waals surface area (Å²) in [5.74, 6) is 0.605. The van der Waals surface area contributed by atoms with E-state index in [1.807, 2.05) is 41.8 Å². The zero-order valence-corrected chi connectivity index (χ0v) is 12.5. The van der Waals surface area contributed by atoms with Gasteiger partial charge in [0, 0.05) is 18.1 Å². The predicted octanol–water partition coefficient (Wildman–Crippen LogP) is 3.32. The minimum absolute atomic E-state index is 0.159. The Bertz CT molecular complexity index is 809. The summed E-state index contributed by atoms with van der Waals surface area (Å²) in [5, 5.41) is 3.80. The third kappa shape index (κ3) is 2.41. The molecule has 3 rings (SSSR count). The van der Waals surface area contributed by atoms with Crippen molar-refractivity contribution in [3.63, 3.8) is 0 Å². The molecular weight excluding hydrogens is 278 g/mol. The van der Waals surface area contributed by atoms with Crippen LogP contribution in [0.2, 0.25) is 0 Å². The Kier molecular flexibility index (Phi) is 3.78. The number of pyridine rings is 1. The molecule has 0 aliphatic heterocycles. The lowest BCUT2D eigenvalue weighted by Crippen LogP contribution is -2.16. The first kappa shape index (κ1) is 14.1. The van der Waals surface area contributed by atoms with Crippen LogP contribution >= 0.6 is 0 Å². The fourth-order valence-corrected chi connectivity index (χ4v) is 2.60. The Morgan fingerprint density at radius 3 is 2.86 bits per heavy atom. The zero-order chi connectivity index (χ0) is 15.5. The van der Waals surface area contributed by atoms with Gasteiger partial charge < -0.3 is 14.6 Å². The zero-order valence-electron chi connectivity index (χ0n) is 12.5. The summed E-state index contributed by atoms with van der Waals surface area (Å²) in [6.45, 7) is 2.71. The molecule has 0 fully saturated rings. The highest BCUT2D eigenvalue weighted by Gasteiger charge is 2.17. The number of aromatic nitrogens is 2. The summed E-state index contributed by atoms with van der Waals surface area (Å²) >= 11 is 0. The van der Waals surface area contributed by atoms with Crippen molar-refractivity contribution in [1.82, 2.24) is 9.55 Å². The average molecular weight is 295 g/mol. The summed E-state index contributed by atoms with van der Waals surface area (Å²) in [7, 11) is 1.63. The standard InChI is InChI=1S/C17H17N3O2/c1-3-20-14-7-4-8-16(22-2)13(14)10-15(20)17(21)19-12-6-5-9-18-11-12/h4-11H,3H2,1-2H3,(H,19,21). The van der Waals surface area contributed by atoms with Gasteiger partial charge in [-0.1, -0.05) is 6.07 Å². The van der Waals surface area contributed by atoms with Crippen LogP contribution in [-0.4, -0.2) is 22.6 Å². The first-order chi connectivity index (χ1) is 10.7. The number of aryl methyl sites for hydroxylation is 1. The lowest BCUT2D eigenvalue weighted by molar-refractivity contribution is 0.101. The SMILES string of the molecule is CCn1c(C(=O)Nc2cccnc2)cc2c(OC)cccc21. The van der Waals surface area contributed by atoms with E-state index < -0.39 is 0 Å². The lowest BCUT2D eigenvalue weighted by Gasteiger charge is -2.08. The molecule has 0 unspecified atom stereocenters. The topological polar surface area (TPSA) is 56.2 Å². The molecule has 3 aromatic rings. The van der Waals surface area contributed by atoms with E-state index in [-0.39, 0.29) is 5.91 Å². The first-order valence-electron chi connectivity index (χ1n) is 7.12. The van der Waals surface area contributed by atoms with E-state index in [2.05, 4.69) is 10.3 Å². The molecule has 0 bridgehead atoms. The Balaban J connectivity index is 2.04. The number of methoxy groups -OCH3 is 1. The van der Waals surface area contributed by atoms with Crippen LogP contribution in [0.1, 0.15) is 17.4 Å². The van der Waals surface area contributed by atoms with Gasteiger partial charge >= 0.3 is 0 Å². The Labute approximate surface area is 128 Å². The summed E-state index contributed by atoms with van der Waals surface area (Å²) in [6.07, 6.45) is 3.29. The van der Waals surface area contributed by atoms with E-state index in [0.29, 0.717) is 17.9 Å². The van der Waals surface area contributed by atoms with Crippen molar-refractivity contribution in [2.75, 3.05) is 12.4 Å². The second-order valence-corrected chi connectivity index (χ2v) is 4.86. The number of nitrogens with one attached hydrogen (secondary N) is 1. The monoisotopic (exact) mass is 295 g/mol. The van der Waals surface area contributed by atoms with Crippen LogP contribution in [0.4, 0.5) is 5.69 Å². The van der Waals surface area contributed by atoms with Crippen molar-refractivity contribution in [2.45, 2.75) is 13.5 Å². The summed E-state index contributed by atoms with van der Waals surface area (Å²) in [4.78, 5) is 16.6. The Morgan fingerprint density at radius 2 is 2.18 bits per heavy atom. The van der Waals surface area contributed by atoms with Gasteiger partial charge in [0.25, 0.3) is 5.91 Å². The van der Waals surface area contributed by atoms with Gasteiger partial charge in [-0.25, -0.2) is 0 Å². The number of hydrogen-bond donors (Lipinski definition) is 1. The van der Waals surface area contributed by atoms with Crippen molar-refractivity contribution in [2.24, 2.45) is 0 Å². The van der Waals surface area contributed by atoms with Crippen LogP contribution in [0.5, 0.6) is 5.75 Å². The molecule has 5 heteroatoms. The maximum atomic E-state index is 12.6. The van der Waals surface area contributed by atoms with Crippen LogP contribution in [-0.2, 0) is 6.54 Å². The molecule has 0 radical (unpaired) electrons. The number of anilines is 1. The smallest absolute Gasteiger partial charge is 0.272 e.